The Kier molecular flexibility index (Phi) is 6.03. The summed E-state index contributed by atoms with van der Waals surface area (Å²) in [5.41, 5.74) is 3.61. The summed E-state index contributed by atoms with van der Waals surface area (Å²) in [4.78, 5) is 22.6. The number of fused-ring (bicyclic) bond motifs is 1. The zero-order chi connectivity index (χ0) is 20.8. The standard InChI is InChI=1S/C21H19N3O5/c1-14-7-9-20(18(11-14)24(26)27)29-13-21(25)23-22-12-17-16-6-4-3-5-15(16)8-10-19(17)28-2/h3-12H,13H2,1-2H3,(H,23,25). The number of benzene rings is 3. The molecular weight excluding hydrogens is 374 g/mol. The van der Waals surface area contributed by atoms with Crippen molar-refractivity contribution in [2.45, 2.75) is 6.92 Å². The van der Waals surface area contributed by atoms with Crippen molar-refractivity contribution in [1.82, 2.24) is 5.43 Å². The number of carbonyl (C=O) groups excluding carboxylic acids is 1. The van der Waals surface area contributed by atoms with Crippen LogP contribution in [0.4, 0.5) is 5.69 Å². The normalized spacial score (nSPS) is 10.8. The maximum Gasteiger partial charge on any atom is 0.311 e. The fraction of sp³-hybridized carbons (Fsp3) is 0.143. The van der Waals surface area contributed by atoms with E-state index < -0.39 is 17.4 Å². The van der Waals surface area contributed by atoms with Crippen molar-refractivity contribution in [3.05, 3.63) is 75.8 Å². The van der Waals surface area contributed by atoms with E-state index >= 15 is 0 Å². The molecule has 0 radical (unpaired) electrons. The monoisotopic (exact) mass is 393 g/mol. The number of hydrogen-bond acceptors (Lipinski definition) is 6. The Balaban J connectivity index is 1.68. The van der Waals surface area contributed by atoms with Gasteiger partial charge in [0.05, 0.1) is 18.2 Å². The minimum atomic E-state index is -0.550. The molecular formula is C21H19N3O5. The Labute approximate surface area is 166 Å². The van der Waals surface area contributed by atoms with Gasteiger partial charge in [-0.2, -0.15) is 5.10 Å². The zero-order valence-electron chi connectivity index (χ0n) is 15.9. The van der Waals surface area contributed by atoms with E-state index in [4.69, 9.17) is 9.47 Å². The van der Waals surface area contributed by atoms with Crippen LogP contribution in [0.3, 0.4) is 0 Å². The fourth-order valence-electron chi connectivity index (χ4n) is 2.82. The third-order valence-electron chi connectivity index (χ3n) is 4.20. The molecule has 0 aliphatic heterocycles. The molecule has 0 saturated carbocycles. The molecule has 0 unspecified atom stereocenters. The van der Waals surface area contributed by atoms with Crippen LogP contribution in [-0.4, -0.2) is 30.8 Å². The van der Waals surface area contributed by atoms with Crippen LogP contribution in [0.25, 0.3) is 10.8 Å². The molecule has 0 atom stereocenters. The van der Waals surface area contributed by atoms with Gasteiger partial charge < -0.3 is 9.47 Å². The third-order valence-corrected chi connectivity index (χ3v) is 4.20. The first-order valence-corrected chi connectivity index (χ1v) is 8.75. The van der Waals surface area contributed by atoms with Crippen molar-refractivity contribution in [3.63, 3.8) is 0 Å². The van der Waals surface area contributed by atoms with Gasteiger partial charge in [-0.05, 0) is 35.4 Å². The Hall–Kier alpha value is -3.94. The lowest BCUT2D eigenvalue weighted by Crippen LogP contribution is -2.24. The maximum absolute atomic E-state index is 12.0. The Morgan fingerprint density at radius 3 is 2.69 bits per heavy atom. The smallest absolute Gasteiger partial charge is 0.311 e. The van der Waals surface area contributed by atoms with Gasteiger partial charge in [-0.15, -0.1) is 0 Å². The number of nitrogens with zero attached hydrogens (tertiary/aromatic N) is 2. The van der Waals surface area contributed by atoms with E-state index in [0.717, 1.165) is 21.9 Å². The first-order chi connectivity index (χ1) is 14.0. The fourth-order valence-corrected chi connectivity index (χ4v) is 2.82. The Bertz CT molecular complexity index is 1090. The van der Waals surface area contributed by atoms with Crippen LogP contribution in [0.2, 0.25) is 0 Å². The molecule has 148 valence electrons. The van der Waals surface area contributed by atoms with E-state index in [1.165, 1.54) is 18.3 Å². The summed E-state index contributed by atoms with van der Waals surface area (Å²) in [6.45, 7) is 1.33. The van der Waals surface area contributed by atoms with Gasteiger partial charge in [0.2, 0.25) is 0 Å². The van der Waals surface area contributed by atoms with Crippen LogP contribution in [0.5, 0.6) is 11.5 Å². The number of rotatable bonds is 7. The second-order valence-electron chi connectivity index (χ2n) is 6.21. The van der Waals surface area contributed by atoms with Gasteiger partial charge >= 0.3 is 5.69 Å². The second kappa shape index (κ2) is 8.83. The number of amides is 1. The van der Waals surface area contributed by atoms with Crippen LogP contribution >= 0.6 is 0 Å². The molecule has 8 nitrogen and oxygen atoms in total. The molecule has 3 aromatic carbocycles. The molecule has 0 spiro atoms. The molecule has 0 aliphatic carbocycles. The molecule has 3 aromatic rings. The molecule has 1 N–H and O–H groups in total. The predicted octanol–water partition coefficient (Wildman–Crippen LogP) is 3.59. The van der Waals surface area contributed by atoms with Crippen LogP contribution in [-0.2, 0) is 4.79 Å². The first kappa shape index (κ1) is 19.8. The lowest BCUT2D eigenvalue weighted by atomic mass is 10.0. The molecule has 1 amide bonds. The minimum absolute atomic E-state index is 0.0236. The SMILES string of the molecule is COc1ccc2ccccc2c1C=NNC(=O)COc1ccc(C)cc1[N+](=O)[O-]. The van der Waals surface area contributed by atoms with Gasteiger partial charge in [0, 0.05) is 11.6 Å². The number of nitro groups is 1. The first-order valence-electron chi connectivity index (χ1n) is 8.75. The van der Waals surface area contributed by atoms with Crippen LogP contribution in [0.15, 0.2) is 59.7 Å². The van der Waals surface area contributed by atoms with E-state index in [1.807, 2.05) is 36.4 Å². The minimum Gasteiger partial charge on any atom is -0.496 e. The maximum atomic E-state index is 12.0. The summed E-state index contributed by atoms with van der Waals surface area (Å²) in [7, 11) is 1.56. The van der Waals surface area contributed by atoms with Crippen molar-refractivity contribution in [2.24, 2.45) is 5.10 Å². The summed E-state index contributed by atoms with van der Waals surface area (Å²) in [5.74, 6) is 0.0963. The lowest BCUT2D eigenvalue weighted by molar-refractivity contribution is -0.385. The van der Waals surface area contributed by atoms with Gasteiger partial charge in [0.15, 0.2) is 12.4 Å². The summed E-state index contributed by atoms with van der Waals surface area (Å²) in [6.07, 6.45) is 1.49. The Morgan fingerprint density at radius 2 is 1.93 bits per heavy atom. The highest BCUT2D eigenvalue weighted by molar-refractivity contribution is 6.02. The number of nitro benzene ring substituents is 1. The van der Waals surface area contributed by atoms with Crippen molar-refractivity contribution in [3.8, 4) is 11.5 Å². The van der Waals surface area contributed by atoms with Gasteiger partial charge in [-0.3, -0.25) is 14.9 Å². The quantitative estimate of drug-likeness (QED) is 0.375. The average Bonchev–Trinajstić information content (AvgIpc) is 2.72. The van der Waals surface area contributed by atoms with E-state index in [1.54, 1.807) is 20.1 Å². The molecule has 3 rings (SSSR count). The number of ether oxygens (including phenoxy) is 2. The molecule has 0 bridgehead atoms. The molecule has 0 heterocycles. The molecule has 29 heavy (non-hydrogen) atoms. The Morgan fingerprint density at radius 1 is 1.17 bits per heavy atom. The largest absolute Gasteiger partial charge is 0.496 e. The average molecular weight is 393 g/mol. The zero-order valence-corrected chi connectivity index (χ0v) is 15.9. The van der Waals surface area contributed by atoms with Crippen LogP contribution < -0.4 is 14.9 Å². The molecule has 0 aliphatic rings. The highest BCUT2D eigenvalue weighted by Crippen LogP contribution is 2.28. The second-order valence-corrected chi connectivity index (χ2v) is 6.21. The summed E-state index contributed by atoms with van der Waals surface area (Å²) in [5, 5.41) is 17.0. The van der Waals surface area contributed by atoms with Crippen LogP contribution in [0, 0.1) is 17.0 Å². The van der Waals surface area contributed by atoms with Crippen molar-refractivity contribution in [1.29, 1.82) is 0 Å². The molecule has 0 aromatic heterocycles. The summed E-state index contributed by atoms with van der Waals surface area (Å²) >= 11 is 0. The topological polar surface area (TPSA) is 103 Å². The van der Waals surface area contributed by atoms with E-state index in [2.05, 4.69) is 10.5 Å². The number of nitrogens with one attached hydrogen (secondary N) is 1. The predicted molar refractivity (Wildman–Crippen MR) is 110 cm³/mol. The van der Waals surface area contributed by atoms with Gasteiger partial charge in [0.1, 0.15) is 5.75 Å². The number of carbonyl (C=O) groups is 1. The summed E-state index contributed by atoms with van der Waals surface area (Å²) < 4.78 is 10.6. The molecule has 0 saturated heterocycles. The number of hydrazone groups is 1. The van der Waals surface area contributed by atoms with E-state index in [0.29, 0.717) is 5.75 Å². The molecule has 8 heteroatoms. The highest BCUT2D eigenvalue weighted by atomic mass is 16.6. The highest BCUT2D eigenvalue weighted by Gasteiger charge is 2.16. The van der Waals surface area contributed by atoms with Crippen LogP contribution in [0.1, 0.15) is 11.1 Å². The van der Waals surface area contributed by atoms with Crippen molar-refractivity contribution >= 4 is 28.6 Å². The molecule has 0 fully saturated rings. The number of hydrogen-bond donors (Lipinski definition) is 1. The van der Waals surface area contributed by atoms with E-state index in [9.17, 15) is 14.9 Å². The lowest BCUT2D eigenvalue weighted by Gasteiger charge is -2.08. The van der Waals surface area contributed by atoms with Gasteiger partial charge in [-0.25, -0.2) is 5.43 Å². The van der Waals surface area contributed by atoms with Gasteiger partial charge in [-0.1, -0.05) is 36.4 Å². The third kappa shape index (κ3) is 4.67. The van der Waals surface area contributed by atoms with E-state index in [-0.39, 0.29) is 11.4 Å². The van der Waals surface area contributed by atoms with Crippen molar-refractivity contribution in [2.75, 3.05) is 13.7 Å². The van der Waals surface area contributed by atoms with Crippen molar-refractivity contribution < 1.29 is 19.2 Å². The summed E-state index contributed by atoms with van der Waals surface area (Å²) in [6, 6.07) is 16.0. The van der Waals surface area contributed by atoms with Gasteiger partial charge in [0.25, 0.3) is 5.91 Å². The number of aryl methyl sites for hydroxylation is 1. The number of methoxy groups -OCH3 is 1.